The number of carbonyl (C=O) groups is 3. The van der Waals surface area contributed by atoms with E-state index in [9.17, 15) is 18.8 Å². The van der Waals surface area contributed by atoms with Crippen LogP contribution in [0.5, 0.6) is 0 Å². The molecule has 0 spiro atoms. The van der Waals surface area contributed by atoms with Crippen molar-refractivity contribution >= 4 is 17.7 Å². The molecule has 2 rings (SSSR count). The zero-order valence-electron chi connectivity index (χ0n) is 17.5. The van der Waals surface area contributed by atoms with Crippen molar-refractivity contribution < 1.29 is 23.5 Å². The largest absolute Gasteiger partial charge is 0.464 e. The lowest BCUT2D eigenvalue weighted by atomic mass is 10.0. The van der Waals surface area contributed by atoms with Crippen LogP contribution in [0.2, 0.25) is 0 Å². The first kappa shape index (κ1) is 22.3. The van der Waals surface area contributed by atoms with Gasteiger partial charge in [0.25, 0.3) is 5.91 Å². The van der Waals surface area contributed by atoms with Crippen LogP contribution in [-0.2, 0) is 11.3 Å². The Hall–Kier alpha value is -2.96. The molecule has 0 aliphatic heterocycles. The minimum Gasteiger partial charge on any atom is -0.464 e. The lowest BCUT2D eigenvalue weighted by Gasteiger charge is -2.22. The fourth-order valence-corrected chi connectivity index (χ4v) is 3.64. The number of nitrogens with zero attached hydrogens (tertiary/aromatic N) is 2. The molecule has 1 aromatic heterocycles. The first-order valence-corrected chi connectivity index (χ1v) is 9.62. The van der Waals surface area contributed by atoms with Crippen molar-refractivity contribution in [3.05, 3.63) is 58.2 Å². The average molecular weight is 402 g/mol. The van der Waals surface area contributed by atoms with E-state index in [1.807, 2.05) is 13.8 Å². The zero-order chi connectivity index (χ0) is 21.7. The second kappa shape index (κ2) is 9.49. The van der Waals surface area contributed by atoms with Crippen molar-refractivity contribution in [2.45, 2.75) is 40.7 Å². The third-order valence-electron chi connectivity index (χ3n) is 4.93. The van der Waals surface area contributed by atoms with Gasteiger partial charge in [0.05, 0.1) is 13.7 Å². The van der Waals surface area contributed by atoms with E-state index in [0.717, 1.165) is 6.07 Å². The molecule has 2 aromatic rings. The molecule has 29 heavy (non-hydrogen) atoms. The van der Waals surface area contributed by atoms with E-state index >= 15 is 0 Å². The molecule has 0 bridgehead atoms. The highest BCUT2D eigenvalue weighted by Gasteiger charge is 2.28. The smallest absolute Gasteiger partial charge is 0.354 e. The molecule has 0 fully saturated rings. The van der Waals surface area contributed by atoms with Gasteiger partial charge in [0, 0.05) is 29.9 Å². The van der Waals surface area contributed by atoms with Crippen molar-refractivity contribution in [3.8, 4) is 0 Å². The van der Waals surface area contributed by atoms with Crippen LogP contribution in [-0.4, -0.2) is 47.3 Å². The molecule has 7 heteroatoms. The number of ether oxygens (including phenoxy) is 1. The molecule has 1 amide bonds. The zero-order valence-corrected chi connectivity index (χ0v) is 17.5. The minimum atomic E-state index is -0.507. The standard InChI is InChI=1S/C22H27FN2O4/c1-6-11-24(21(27)16-9-8-10-17(23)12-16)13-18(26)19-14(3)20(22(28)29-5)25(7-2)15(19)4/h8-10,12H,6-7,11,13H2,1-5H3. The Morgan fingerprint density at radius 3 is 2.41 bits per heavy atom. The first-order chi connectivity index (χ1) is 13.8. The summed E-state index contributed by atoms with van der Waals surface area (Å²) in [6, 6.07) is 5.42. The number of benzene rings is 1. The Balaban J connectivity index is 2.39. The van der Waals surface area contributed by atoms with Crippen LogP contribution < -0.4 is 0 Å². The second-order valence-electron chi connectivity index (χ2n) is 6.83. The number of methoxy groups -OCH3 is 1. The van der Waals surface area contributed by atoms with Crippen molar-refractivity contribution in [3.63, 3.8) is 0 Å². The van der Waals surface area contributed by atoms with Gasteiger partial charge in [-0.3, -0.25) is 9.59 Å². The third-order valence-corrected chi connectivity index (χ3v) is 4.93. The molecular formula is C22H27FN2O4. The van der Waals surface area contributed by atoms with Crippen molar-refractivity contribution in [2.24, 2.45) is 0 Å². The van der Waals surface area contributed by atoms with Crippen LogP contribution in [0.1, 0.15) is 62.7 Å². The summed E-state index contributed by atoms with van der Waals surface area (Å²) < 4.78 is 20.1. The Bertz CT molecular complexity index is 933. The van der Waals surface area contributed by atoms with Gasteiger partial charge < -0.3 is 14.2 Å². The molecule has 0 saturated carbocycles. The molecule has 1 aromatic carbocycles. The van der Waals surface area contributed by atoms with E-state index in [1.165, 1.54) is 30.2 Å². The molecule has 1 heterocycles. The molecule has 0 N–H and O–H groups in total. The van der Waals surface area contributed by atoms with Crippen LogP contribution >= 0.6 is 0 Å². The molecule has 156 valence electrons. The Labute approximate surface area is 170 Å². The number of hydrogen-bond donors (Lipinski definition) is 0. The van der Waals surface area contributed by atoms with Crippen LogP contribution in [0.4, 0.5) is 4.39 Å². The summed E-state index contributed by atoms with van der Waals surface area (Å²) in [6.07, 6.45) is 0.648. The number of esters is 1. The number of rotatable bonds is 8. The summed E-state index contributed by atoms with van der Waals surface area (Å²) in [4.78, 5) is 39.6. The summed E-state index contributed by atoms with van der Waals surface area (Å²) in [5, 5.41) is 0. The van der Waals surface area contributed by atoms with E-state index < -0.39 is 17.7 Å². The van der Waals surface area contributed by atoms with E-state index in [1.54, 1.807) is 18.4 Å². The van der Waals surface area contributed by atoms with Crippen molar-refractivity contribution in [1.82, 2.24) is 9.47 Å². The summed E-state index contributed by atoms with van der Waals surface area (Å²) >= 11 is 0. The van der Waals surface area contributed by atoms with Crippen LogP contribution in [0, 0.1) is 19.7 Å². The van der Waals surface area contributed by atoms with Crippen LogP contribution in [0.3, 0.4) is 0 Å². The maximum Gasteiger partial charge on any atom is 0.354 e. The number of halogens is 1. The summed E-state index contributed by atoms with van der Waals surface area (Å²) in [6.45, 7) is 7.97. The molecule has 0 aliphatic carbocycles. The predicted molar refractivity (Wildman–Crippen MR) is 108 cm³/mol. The highest BCUT2D eigenvalue weighted by molar-refractivity contribution is 6.06. The molecule has 0 radical (unpaired) electrons. The Kier molecular flexibility index (Phi) is 7.31. The lowest BCUT2D eigenvalue weighted by molar-refractivity contribution is 0.0587. The number of carbonyl (C=O) groups excluding carboxylic acids is 3. The number of aromatic nitrogens is 1. The molecule has 6 nitrogen and oxygen atoms in total. The Morgan fingerprint density at radius 2 is 1.86 bits per heavy atom. The highest BCUT2D eigenvalue weighted by Crippen LogP contribution is 2.24. The normalized spacial score (nSPS) is 10.7. The van der Waals surface area contributed by atoms with Gasteiger partial charge in [-0.15, -0.1) is 0 Å². The topological polar surface area (TPSA) is 68.6 Å². The third kappa shape index (κ3) is 4.55. The number of hydrogen-bond acceptors (Lipinski definition) is 4. The van der Waals surface area contributed by atoms with E-state index in [0.29, 0.717) is 42.0 Å². The van der Waals surface area contributed by atoms with Gasteiger partial charge in [0.2, 0.25) is 0 Å². The van der Waals surface area contributed by atoms with Gasteiger partial charge in [-0.25, -0.2) is 9.18 Å². The molecule has 0 aliphatic rings. The maximum atomic E-state index is 13.5. The van der Waals surface area contributed by atoms with E-state index in [4.69, 9.17) is 4.74 Å². The van der Waals surface area contributed by atoms with Crippen LogP contribution in [0.15, 0.2) is 24.3 Å². The molecule has 0 atom stereocenters. The Morgan fingerprint density at radius 1 is 1.17 bits per heavy atom. The molecular weight excluding hydrogens is 375 g/mol. The van der Waals surface area contributed by atoms with Crippen molar-refractivity contribution in [1.29, 1.82) is 0 Å². The van der Waals surface area contributed by atoms with Crippen LogP contribution in [0.25, 0.3) is 0 Å². The van der Waals surface area contributed by atoms with Gasteiger partial charge in [0.1, 0.15) is 11.5 Å². The summed E-state index contributed by atoms with van der Waals surface area (Å²) in [7, 11) is 1.30. The second-order valence-corrected chi connectivity index (χ2v) is 6.83. The lowest BCUT2D eigenvalue weighted by Crippen LogP contribution is -2.36. The SMILES string of the molecule is CCCN(CC(=O)c1c(C)c(C(=O)OC)n(CC)c1C)C(=O)c1cccc(F)c1. The predicted octanol–water partition coefficient (Wildman–Crippen LogP) is 3.79. The molecule has 0 unspecified atom stereocenters. The van der Waals surface area contributed by atoms with Crippen molar-refractivity contribution in [2.75, 3.05) is 20.2 Å². The van der Waals surface area contributed by atoms with Gasteiger partial charge in [-0.1, -0.05) is 13.0 Å². The first-order valence-electron chi connectivity index (χ1n) is 9.62. The van der Waals surface area contributed by atoms with Gasteiger partial charge in [-0.05, 0) is 51.0 Å². The fourth-order valence-electron chi connectivity index (χ4n) is 3.64. The number of ketones is 1. The quantitative estimate of drug-likeness (QED) is 0.498. The molecule has 0 saturated heterocycles. The minimum absolute atomic E-state index is 0.154. The summed E-state index contributed by atoms with van der Waals surface area (Å²) in [5.41, 5.74) is 2.15. The van der Waals surface area contributed by atoms with Gasteiger partial charge >= 0.3 is 5.97 Å². The maximum absolute atomic E-state index is 13.5. The highest BCUT2D eigenvalue weighted by atomic mass is 19.1. The van der Waals surface area contributed by atoms with Gasteiger partial charge in [0.15, 0.2) is 5.78 Å². The van der Waals surface area contributed by atoms with E-state index in [2.05, 4.69) is 0 Å². The number of amides is 1. The van der Waals surface area contributed by atoms with Gasteiger partial charge in [-0.2, -0.15) is 0 Å². The van der Waals surface area contributed by atoms with E-state index in [-0.39, 0.29) is 17.9 Å². The number of Topliss-reactive ketones (excluding diaryl/α,β-unsaturated/α-hetero) is 1. The average Bonchev–Trinajstić information content (AvgIpc) is 2.95. The fraction of sp³-hybridized carbons (Fsp3) is 0.409. The summed E-state index contributed by atoms with van der Waals surface area (Å²) in [5.74, 6) is -1.69. The monoisotopic (exact) mass is 402 g/mol.